The maximum atomic E-state index is 7.47. The first-order valence-electron chi connectivity index (χ1n) is 6.00. The van der Waals surface area contributed by atoms with E-state index in [2.05, 4.69) is 43.0 Å². The average molecular weight is 269 g/mol. The highest BCUT2D eigenvalue weighted by molar-refractivity contribution is 5.85. The highest BCUT2D eigenvalue weighted by Crippen LogP contribution is 2.21. The molecule has 100 valence electrons. The van der Waals surface area contributed by atoms with Crippen molar-refractivity contribution in [1.82, 2.24) is 4.90 Å². The van der Waals surface area contributed by atoms with Gasteiger partial charge in [-0.05, 0) is 31.5 Å². The number of aryl methyl sites for hydroxylation is 1. The van der Waals surface area contributed by atoms with Crippen molar-refractivity contribution in [3.8, 4) is 0 Å². The van der Waals surface area contributed by atoms with Gasteiger partial charge in [0.15, 0.2) is 5.96 Å². The Hall–Kier alpha value is -1.42. The molecule has 1 atom stereocenters. The van der Waals surface area contributed by atoms with Crippen LogP contribution in [0.2, 0.25) is 0 Å². The van der Waals surface area contributed by atoms with E-state index in [0.717, 1.165) is 19.6 Å². The van der Waals surface area contributed by atoms with E-state index in [4.69, 9.17) is 11.1 Å². The Balaban J connectivity index is 0.00000162. The molecule has 1 fully saturated rings. The number of guanidine groups is 1. The van der Waals surface area contributed by atoms with Gasteiger partial charge in [-0.15, -0.1) is 12.4 Å². The van der Waals surface area contributed by atoms with E-state index in [1.54, 1.807) is 0 Å². The van der Waals surface area contributed by atoms with Crippen molar-refractivity contribution >= 4 is 24.1 Å². The van der Waals surface area contributed by atoms with Gasteiger partial charge in [0.2, 0.25) is 0 Å². The van der Waals surface area contributed by atoms with E-state index in [0.29, 0.717) is 6.04 Å². The molecule has 1 unspecified atom stereocenters. The highest BCUT2D eigenvalue weighted by atomic mass is 35.5. The third kappa shape index (κ3) is 3.07. The van der Waals surface area contributed by atoms with E-state index in [9.17, 15) is 0 Å². The van der Waals surface area contributed by atoms with Crippen LogP contribution in [0.3, 0.4) is 0 Å². The van der Waals surface area contributed by atoms with Gasteiger partial charge in [0.1, 0.15) is 0 Å². The van der Waals surface area contributed by atoms with Gasteiger partial charge in [-0.25, -0.2) is 0 Å². The van der Waals surface area contributed by atoms with E-state index in [-0.39, 0.29) is 18.4 Å². The summed E-state index contributed by atoms with van der Waals surface area (Å²) in [5.41, 5.74) is 8.07. The standard InChI is InChI=1S/C13H20N4.ClH/c1-10-4-3-5-12(8-10)17-7-6-16(13(14)15)9-11(17)2;/h3-5,8,11H,6-7,9H2,1-2H3,(H3,14,15);1H. The van der Waals surface area contributed by atoms with Crippen LogP contribution < -0.4 is 10.6 Å². The van der Waals surface area contributed by atoms with Crippen LogP contribution in [0.4, 0.5) is 5.69 Å². The average Bonchev–Trinajstić information content (AvgIpc) is 2.28. The molecule has 1 heterocycles. The molecule has 1 aliphatic heterocycles. The number of halogens is 1. The topological polar surface area (TPSA) is 56.4 Å². The molecule has 0 saturated carbocycles. The number of nitrogens with two attached hydrogens (primary N) is 1. The lowest BCUT2D eigenvalue weighted by atomic mass is 10.1. The molecule has 0 bridgehead atoms. The Morgan fingerprint density at radius 2 is 2.11 bits per heavy atom. The van der Waals surface area contributed by atoms with Crippen molar-refractivity contribution in [2.75, 3.05) is 24.5 Å². The molecule has 2 rings (SSSR count). The minimum absolute atomic E-state index is 0. The van der Waals surface area contributed by atoms with Crippen molar-refractivity contribution in [2.24, 2.45) is 5.73 Å². The largest absolute Gasteiger partial charge is 0.370 e. The van der Waals surface area contributed by atoms with E-state index < -0.39 is 0 Å². The molecular formula is C13H21ClN4. The van der Waals surface area contributed by atoms with Crippen LogP contribution in [0, 0.1) is 12.3 Å². The molecular weight excluding hydrogens is 248 g/mol. The lowest BCUT2D eigenvalue weighted by molar-refractivity contribution is 0.333. The molecule has 1 saturated heterocycles. The van der Waals surface area contributed by atoms with Gasteiger partial charge < -0.3 is 15.5 Å². The summed E-state index contributed by atoms with van der Waals surface area (Å²) in [6.07, 6.45) is 0. The minimum atomic E-state index is 0. The van der Waals surface area contributed by atoms with Gasteiger partial charge >= 0.3 is 0 Å². The number of rotatable bonds is 1. The van der Waals surface area contributed by atoms with Crippen molar-refractivity contribution in [2.45, 2.75) is 19.9 Å². The number of hydrogen-bond donors (Lipinski definition) is 2. The summed E-state index contributed by atoms with van der Waals surface area (Å²) in [5.74, 6) is 0.181. The molecule has 0 radical (unpaired) electrons. The van der Waals surface area contributed by atoms with Crippen LogP contribution in [-0.4, -0.2) is 36.5 Å². The van der Waals surface area contributed by atoms with Crippen molar-refractivity contribution < 1.29 is 0 Å². The number of nitrogens with one attached hydrogen (secondary N) is 1. The van der Waals surface area contributed by atoms with Gasteiger partial charge in [-0.1, -0.05) is 12.1 Å². The summed E-state index contributed by atoms with van der Waals surface area (Å²) in [5, 5.41) is 7.47. The summed E-state index contributed by atoms with van der Waals surface area (Å²) in [4.78, 5) is 4.31. The van der Waals surface area contributed by atoms with Crippen LogP contribution in [-0.2, 0) is 0 Å². The van der Waals surface area contributed by atoms with E-state index in [1.165, 1.54) is 11.3 Å². The van der Waals surface area contributed by atoms with Crippen LogP contribution in [0.15, 0.2) is 24.3 Å². The first-order chi connectivity index (χ1) is 8.08. The molecule has 4 nitrogen and oxygen atoms in total. The monoisotopic (exact) mass is 268 g/mol. The maximum Gasteiger partial charge on any atom is 0.188 e. The molecule has 3 N–H and O–H groups in total. The molecule has 0 spiro atoms. The molecule has 18 heavy (non-hydrogen) atoms. The van der Waals surface area contributed by atoms with Crippen LogP contribution in [0.5, 0.6) is 0 Å². The Morgan fingerprint density at radius 1 is 1.39 bits per heavy atom. The predicted octanol–water partition coefficient (Wildman–Crippen LogP) is 1.82. The Labute approximate surface area is 115 Å². The normalized spacial score (nSPS) is 19.3. The third-order valence-corrected chi connectivity index (χ3v) is 3.30. The van der Waals surface area contributed by atoms with E-state index >= 15 is 0 Å². The van der Waals surface area contributed by atoms with E-state index in [1.807, 2.05) is 4.90 Å². The number of benzene rings is 1. The number of nitrogens with zero attached hydrogens (tertiary/aromatic N) is 2. The second-order valence-corrected chi connectivity index (χ2v) is 4.71. The fourth-order valence-corrected chi connectivity index (χ4v) is 2.37. The lowest BCUT2D eigenvalue weighted by Crippen LogP contribution is -2.55. The summed E-state index contributed by atoms with van der Waals surface area (Å²) in [7, 11) is 0. The zero-order valence-electron chi connectivity index (χ0n) is 10.9. The summed E-state index contributed by atoms with van der Waals surface area (Å²) in [6, 6.07) is 8.94. The van der Waals surface area contributed by atoms with Crippen LogP contribution >= 0.6 is 12.4 Å². The SMILES string of the molecule is Cc1cccc(N2CCN(C(=N)N)CC2C)c1.Cl. The molecule has 1 aromatic carbocycles. The molecule has 5 heteroatoms. The number of anilines is 1. The molecule has 0 aliphatic carbocycles. The maximum absolute atomic E-state index is 7.47. The predicted molar refractivity (Wildman–Crippen MR) is 78.7 cm³/mol. The van der Waals surface area contributed by atoms with Gasteiger partial charge in [0, 0.05) is 31.4 Å². The summed E-state index contributed by atoms with van der Waals surface area (Å²) in [6.45, 7) is 6.86. The molecule has 0 aromatic heterocycles. The van der Waals surface area contributed by atoms with Crippen LogP contribution in [0.25, 0.3) is 0 Å². The van der Waals surface area contributed by atoms with Crippen molar-refractivity contribution in [3.63, 3.8) is 0 Å². The lowest BCUT2D eigenvalue weighted by Gasteiger charge is -2.41. The van der Waals surface area contributed by atoms with Gasteiger partial charge in [-0.2, -0.15) is 0 Å². The highest BCUT2D eigenvalue weighted by Gasteiger charge is 2.24. The summed E-state index contributed by atoms with van der Waals surface area (Å²) < 4.78 is 0. The second kappa shape index (κ2) is 5.96. The van der Waals surface area contributed by atoms with Gasteiger partial charge in [-0.3, -0.25) is 5.41 Å². The van der Waals surface area contributed by atoms with Gasteiger partial charge in [0.05, 0.1) is 0 Å². The first kappa shape index (κ1) is 14.6. The van der Waals surface area contributed by atoms with Crippen LogP contribution in [0.1, 0.15) is 12.5 Å². The Morgan fingerprint density at radius 3 is 2.67 bits per heavy atom. The molecule has 0 amide bonds. The minimum Gasteiger partial charge on any atom is -0.370 e. The first-order valence-corrected chi connectivity index (χ1v) is 6.00. The Bertz CT molecular complexity index is 421. The second-order valence-electron chi connectivity index (χ2n) is 4.71. The number of piperazine rings is 1. The fourth-order valence-electron chi connectivity index (χ4n) is 2.37. The van der Waals surface area contributed by atoms with Crippen molar-refractivity contribution in [1.29, 1.82) is 5.41 Å². The van der Waals surface area contributed by atoms with Crippen molar-refractivity contribution in [3.05, 3.63) is 29.8 Å². The molecule has 1 aliphatic rings. The quantitative estimate of drug-likeness (QED) is 0.603. The fraction of sp³-hybridized carbons (Fsp3) is 0.462. The Kier molecular flexibility index (Phi) is 4.84. The zero-order chi connectivity index (χ0) is 12.4. The zero-order valence-corrected chi connectivity index (χ0v) is 11.7. The third-order valence-electron chi connectivity index (χ3n) is 3.30. The summed E-state index contributed by atoms with van der Waals surface area (Å²) >= 11 is 0. The number of hydrogen-bond acceptors (Lipinski definition) is 2. The smallest absolute Gasteiger partial charge is 0.188 e. The molecule has 1 aromatic rings. The van der Waals surface area contributed by atoms with Gasteiger partial charge in [0.25, 0.3) is 0 Å².